The summed E-state index contributed by atoms with van der Waals surface area (Å²) < 4.78 is 49.2. The van der Waals surface area contributed by atoms with Crippen molar-refractivity contribution in [2.24, 2.45) is 0 Å². The molecule has 0 aromatic heterocycles. The van der Waals surface area contributed by atoms with Crippen LogP contribution in [0.3, 0.4) is 0 Å². The SMILES string of the molecule is COc1ccc(C(OC)(OC)c2ccc(-c3ccccc3S(=O)c3ccccc3-c3ccc(C(OC)(OC)c4ccc(OC)cc4)cc3)cc2)cc1. The van der Waals surface area contributed by atoms with Gasteiger partial charge < -0.3 is 28.4 Å². The molecule has 0 N–H and O–H groups in total. The van der Waals surface area contributed by atoms with E-state index < -0.39 is 22.4 Å². The van der Waals surface area contributed by atoms with Crippen LogP contribution in [-0.4, -0.2) is 46.9 Å². The van der Waals surface area contributed by atoms with Gasteiger partial charge in [0.25, 0.3) is 0 Å². The van der Waals surface area contributed by atoms with Crippen molar-refractivity contribution in [3.05, 3.63) is 168 Å². The first-order valence-corrected chi connectivity index (χ1v) is 17.8. The Bertz CT molecular complexity index is 1950. The Balaban J connectivity index is 1.32. The molecule has 0 saturated heterocycles. The van der Waals surface area contributed by atoms with Gasteiger partial charge in [0.2, 0.25) is 11.6 Å². The van der Waals surface area contributed by atoms with Crippen molar-refractivity contribution in [2.45, 2.75) is 21.4 Å². The molecule has 0 unspecified atom stereocenters. The van der Waals surface area contributed by atoms with Gasteiger partial charge in [0, 0.05) is 50.7 Å². The quantitative estimate of drug-likeness (QED) is 0.104. The lowest BCUT2D eigenvalue weighted by Gasteiger charge is -2.32. The Kier molecular flexibility index (Phi) is 11.3. The first-order chi connectivity index (χ1) is 25.4. The van der Waals surface area contributed by atoms with E-state index in [0.717, 1.165) is 56.0 Å². The van der Waals surface area contributed by atoms with Crippen LogP contribution in [0.1, 0.15) is 22.3 Å². The fourth-order valence-electron chi connectivity index (χ4n) is 6.65. The lowest BCUT2D eigenvalue weighted by Crippen LogP contribution is -2.32. The second kappa shape index (κ2) is 16.1. The Hall–Kier alpha value is -5.09. The molecule has 6 aromatic carbocycles. The van der Waals surface area contributed by atoms with Crippen LogP contribution < -0.4 is 9.47 Å². The van der Waals surface area contributed by atoms with Crippen LogP contribution in [0.5, 0.6) is 11.5 Å². The molecule has 6 rings (SSSR count). The number of rotatable bonds is 14. The van der Waals surface area contributed by atoms with Crippen molar-refractivity contribution >= 4 is 10.8 Å². The largest absolute Gasteiger partial charge is 0.497 e. The highest BCUT2D eigenvalue weighted by Crippen LogP contribution is 2.40. The summed E-state index contributed by atoms with van der Waals surface area (Å²) in [4.78, 5) is 1.41. The molecule has 0 aliphatic carbocycles. The molecule has 0 radical (unpaired) electrons. The Morgan fingerprint density at radius 2 is 0.673 bits per heavy atom. The van der Waals surface area contributed by atoms with Crippen LogP contribution in [-0.2, 0) is 41.3 Å². The number of methoxy groups -OCH3 is 6. The highest BCUT2D eigenvalue weighted by atomic mass is 32.2. The van der Waals surface area contributed by atoms with Gasteiger partial charge in [-0.25, -0.2) is 4.21 Å². The van der Waals surface area contributed by atoms with E-state index >= 15 is 0 Å². The molecule has 266 valence electrons. The Morgan fingerprint density at radius 1 is 0.385 bits per heavy atom. The van der Waals surface area contributed by atoms with E-state index in [4.69, 9.17) is 28.4 Å². The smallest absolute Gasteiger partial charge is 0.221 e. The van der Waals surface area contributed by atoms with E-state index in [1.165, 1.54) is 0 Å². The van der Waals surface area contributed by atoms with E-state index in [9.17, 15) is 4.21 Å². The topological polar surface area (TPSA) is 72.5 Å². The maximum absolute atomic E-state index is 14.6. The highest BCUT2D eigenvalue weighted by molar-refractivity contribution is 7.85. The Labute approximate surface area is 308 Å². The van der Waals surface area contributed by atoms with E-state index in [0.29, 0.717) is 9.79 Å². The lowest BCUT2D eigenvalue weighted by atomic mass is 9.94. The van der Waals surface area contributed by atoms with Gasteiger partial charge in [-0.3, -0.25) is 0 Å². The van der Waals surface area contributed by atoms with Gasteiger partial charge in [-0.1, -0.05) is 84.9 Å². The van der Waals surface area contributed by atoms with Crippen LogP contribution in [0.25, 0.3) is 22.3 Å². The third-order valence-corrected chi connectivity index (χ3v) is 10.9. The van der Waals surface area contributed by atoms with Crippen LogP contribution in [0, 0.1) is 0 Å². The summed E-state index contributed by atoms with van der Waals surface area (Å²) in [6.45, 7) is 0. The molecule has 6 aromatic rings. The predicted octanol–water partition coefficient (Wildman–Crippen LogP) is 9.19. The molecule has 7 nitrogen and oxygen atoms in total. The molecule has 0 saturated carbocycles. The molecule has 8 heteroatoms. The zero-order chi connectivity index (χ0) is 36.7. The van der Waals surface area contributed by atoms with Crippen LogP contribution in [0.4, 0.5) is 0 Å². The minimum atomic E-state index is -1.51. The second-order valence-corrected chi connectivity index (χ2v) is 13.3. The van der Waals surface area contributed by atoms with Crippen molar-refractivity contribution in [3.8, 4) is 33.8 Å². The molecule has 0 aliphatic rings. The summed E-state index contributed by atoms with van der Waals surface area (Å²) >= 11 is 0. The van der Waals surface area contributed by atoms with Crippen LogP contribution >= 0.6 is 0 Å². The molecule has 0 spiro atoms. The van der Waals surface area contributed by atoms with E-state index in [1.807, 2.05) is 146 Å². The minimum Gasteiger partial charge on any atom is -0.497 e. The number of benzene rings is 6. The normalized spacial score (nSPS) is 11.8. The zero-order valence-electron chi connectivity index (χ0n) is 30.1. The van der Waals surface area contributed by atoms with Crippen molar-refractivity contribution < 1.29 is 32.6 Å². The van der Waals surface area contributed by atoms with E-state index in [2.05, 4.69) is 0 Å². The summed E-state index contributed by atoms with van der Waals surface area (Å²) in [5, 5.41) is 0. The molecule has 0 heterocycles. The lowest BCUT2D eigenvalue weighted by molar-refractivity contribution is -0.183. The fraction of sp³-hybridized carbons (Fsp3) is 0.182. The van der Waals surface area contributed by atoms with Gasteiger partial charge in [-0.05, 0) is 82.9 Å². The summed E-state index contributed by atoms with van der Waals surface area (Å²) in [5.41, 5.74) is 6.85. The molecule has 52 heavy (non-hydrogen) atoms. The van der Waals surface area contributed by atoms with Gasteiger partial charge >= 0.3 is 0 Å². The molecule has 0 fully saturated rings. The van der Waals surface area contributed by atoms with Crippen LogP contribution in [0.15, 0.2) is 155 Å². The number of hydrogen-bond donors (Lipinski definition) is 0. The third-order valence-electron chi connectivity index (χ3n) is 9.42. The van der Waals surface area contributed by atoms with Gasteiger partial charge in [-0.2, -0.15) is 0 Å². The fourth-order valence-corrected chi connectivity index (χ4v) is 8.07. The van der Waals surface area contributed by atoms with Gasteiger partial charge in [0.05, 0.1) is 34.8 Å². The zero-order valence-corrected chi connectivity index (χ0v) is 30.9. The van der Waals surface area contributed by atoms with Gasteiger partial charge in [0.1, 0.15) is 11.5 Å². The highest BCUT2D eigenvalue weighted by Gasteiger charge is 2.36. The monoisotopic (exact) mass is 714 g/mol. The number of ether oxygens (including phenoxy) is 6. The maximum Gasteiger partial charge on any atom is 0.221 e. The first-order valence-electron chi connectivity index (χ1n) is 16.7. The average Bonchev–Trinajstić information content (AvgIpc) is 3.23. The number of hydrogen-bond acceptors (Lipinski definition) is 7. The molecule has 0 bridgehead atoms. The summed E-state index contributed by atoms with van der Waals surface area (Å²) in [5.74, 6) is -0.759. The van der Waals surface area contributed by atoms with Crippen molar-refractivity contribution in [2.75, 3.05) is 42.7 Å². The molecule has 0 amide bonds. The van der Waals surface area contributed by atoms with E-state index in [1.54, 1.807) is 42.7 Å². The van der Waals surface area contributed by atoms with Crippen molar-refractivity contribution in [1.82, 2.24) is 0 Å². The second-order valence-electron chi connectivity index (χ2n) is 11.9. The standard InChI is InChI=1S/C44H42O7S/c1-46-37-27-23-35(24-28-37)43(48-3,49-4)33-19-15-31(16-20-33)39-11-7-9-13-41(39)52(45)42-14-10-8-12-40(42)32-17-21-34(22-18-32)44(50-5,51-6)36-25-29-38(47-2)30-26-36/h7-30H,1-6H3. The molecule has 0 aliphatic heterocycles. The summed E-state index contributed by atoms with van der Waals surface area (Å²) in [6, 6.07) is 46.8. The van der Waals surface area contributed by atoms with Crippen molar-refractivity contribution in [1.29, 1.82) is 0 Å². The first kappa shape index (κ1) is 36.7. The minimum absolute atomic E-state index is 0.705. The summed E-state index contributed by atoms with van der Waals surface area (Å²) in [6.07, 6.45) is 0. The van der Waals surface area contributed by atoms with Crippen molar-refractivity contribution in [3.63, 3.8) is 0 Å². The van der Waals surface area contributed by atoms with Crippen LogP contribution in [0.2, 0.25) is 0 Å². The molecular weight excluding hydrogens is 673 g/mol. The van der Waals surface area contributed by atoms with Gasteiger partial charge in [0.15, 0.2) is 0 Å². The third kappa shape index (κ3) is 6.79. The summed E-state index contributed by atoms with van der Waals surface area (Å²) in [7, 11) is 8.25. The Morgan fingerprint density at radius 3 is 0.962 bits per heavy atom. The van der Waals surface area contributed by atoms with E-state index in [-0.39, 0.29) is 0 Å². The maximum atomic E-state index is 14.6. The average molecular weight is 715 g/mol. The molecule has 0 atom stereocenters. The molecular formula is C44H42O7S. The predicted molar refractivity (Wildman–Crippen MR) is 204 cm³/mol. The van der Waals surface area contributed by atoms with Gasteiger partial charge in [-0.15, -0.1) is 0 Å².